The van der Waals surface area contributed by atoms with Crippen LogP contribution in [0, 0.1) is 0 Å². The van der Waals surface area contributed by atoms with E-state index in [0.29, 0.717) is 5.19 Å². The molecule has 1 aliphatic heterocycles. The van der Waals surface area contributed by atoms with Crippen molar-refractivity contribution in [3.63, 3.8) is 0 Å². The third-order valence-electron chi connectivity index (χ3n) is 5.53. The summed E-state index contributed by atoms with van der Waals surface area (Å²) in [5.41, 5.74) is 2.23. The fraction of sp³-hybridized carbons (Fsp3) is 0.364. The average Bonchev–Trinajstić information content (AvgIpc) is 3.15. The number of amides is 1. The van der Waals surface area contributed by atoms with Gasteiger partial charge in [0.05, 0.1) is 10.2 Å². The number of likely N-dealkylation sites (tertiary alicyclic amines) is 1. The van der Waals surface area contributed by atoms with Crippen LogP contribution < -0.4 is 4.74 Å². The van der Waals surface area contributed by atoms with E-state index in [1.54, 1.807) is 18.4 Å². The molecule has 0 atom stereocenters. The third kappa shape index (κ3) is 4.86. The largest absolute Gasteiger partial charge is 0.465 e. The molecule has 1 N–H and O–H groups in total. The number of nitrogens with zero attached hydrogens (tertiary/aromatic N) is 3. The Balaban J connectivity index is 1.26. The number of para-hydroxylation sites is 1. The van der Waals surface area contributed by atoms with Gasteiger partial charge in [-0.3, -0.25) is 0 Å². The minimum Gasteiger partial charge on any atom is -0.465 e. The lowest BCUT2D eigenvalue weighted by atomic mass is 10.0. The van der Waals surface area contributed by atoms with Gasteiger partial charge in [0, 0.05) is 32.7 Å². The maximum atomic E-state index is 11.1. The predicted octanol–water partition coefficient (Wildman–Crippen LogP) is 4.71. The number of aromatic nitrogens is 1. The molecule has 4 rings (SSSR count). The summed E-state index contributed by atoms with van der Waals surface area (Å²) in [4.78, 5) is 19.4. The number of ether oxygens (including phenoxy) is 1. The van der Waals surface area contributed by atoms with Crippen LogP contribution in [0.5, 0.6) is 10.9 Å². The molecule has 0 aliphatic carbocycles. The molecule has 29 heavy (non-hydrogen) atoms. The van der Waals surface area contributed by atoms with Gasteiger partial charge in [0.15, 0.2) is 0 Å². The second kappa shape index (κ2) is 8.80. The number of carbonyl (C=O) groups is 1. The van der Waals surface area contributed by atoms with Crippen LogP contribution in [0.2, 0.25) is 0 Å². The molecule has 3 aromatic rings. The van der Waals surface area contributed by atoms with E-state index in [1.165, 1.54) is 10.5 Å². The van der Waals surface area contributed by atoms with Crippen LogP contribution in [0.3, 0.4) is 0 Å². The number of piperidine rings is 1. The highest BCUT2D eigenvalue weighted by atomic mass is 32.1. The summed E-state index contributed by atoms with van der Waals surface area (Å²) in [5.74, 6) is 0.797. The maximum absolute atomic E-state index is 11.1. The predicted molar refractivity (Wildman–Crippen MR) is 115 cm³/mol. The van der Waals surface area contributed by atoms with E-state index in [4.69, 9.17) is 9.84 Å². The first-order chi connectivity index (χ1) is 14.1. The Morgan fingerprint density at radius 3 is 2.62 bits per heavy atom. The number of rotatable bonds is 6. The molecule has 0 spiro atoms. The van der Waals surface area contributed by atoms with E-state index >= 15 is 0 Å². The SMILES string of the molecule is CN(C(=O)O)C1CCN(CCc2ccc(Oc3nc4ccccc4s3)cc2)CC1. The quantitative estimate of drug-likeness (QED) is 0.637. The normalized spacial score (nSPS) is 15.5. The monoisotopic (exact) mass is 411 g/mol. The molecule has 2 aromatic carbocycles. The number of carboxylic acid groups (broad SMARTS) is 1. The van der Waals surface area contributed by atoms with Crippen molar-refractivity contribution in [2.45, 2.75) is 25.3 Å². The summed E-state index contributed by atoms with van der Waals surface area (Å²) in [5, 5.41) is 9.76. The Hall–Kier alpha value is -2.64. The van der Waals surface area contributed by atoms with Crippen molar-refractivity contribution >= 4 is 27.6 Å². The fourth-order valence-electron chi connectivity index (χ4n) is 3.69. The molecule has 2 heterocycles. The van der Waals surface area contributed by atoms with Gasteiger partial charge in [-0.05, 0) is 49.1 Å². The standard InChI is InChI=1S/C22H25N3O3S/c1-24(22(26)27)17-11-14-25(15-12-17)13-10-16-6-8-18(9-7-16)28-21-23-19-4-2-3-5-20(19)29-21/h2-9,17H,10-15H2,1H3,(H,26,27). The molecule has 0 saturated carbocycles. The highest BCUT2D eigenvalue weighted by Crippen LogP contribution is 2.31. The summed E-state index contributed by atoms with van der Waals surface area (Å²) in [6.07, 6.45) is 1.94. The first-order valence-corrected chi connectivity index (χ1v) is 10.7. The van der Waals surface area contributed by atoms with Gasteiger partial charge in [0.1, 0.15) is 5.75 Å². The fourth-order valence-corrected chi connectivity index (χ4v) is 4.53. The van der Waals surface area contributed by atoms with E-state index in [0.717, 1.165) is 54.9 Å². The Morgan fingerprint density at radius 1 is 1.21 bits per heavy atom. The van der Waals surface area contributed by atoms with E-state index in [9.17, 15) is 4.79 Å². The topological polar surface area (TPSA) is 65.9 Å². The molecule has 1 fully saturated rings. The Morgan fingerprint density at radius 2 is 1.93 bits per heavy atom. The molecule has 0 bridgehead atoms. The van der Waals surface area contributed by atoms with Crippen molar-refractivity contribution in [1.29, 1.82) is 0 Å². The van der Waals surface area contributed by atoms with Crippen LogP contribution in [0.15, 0.2) is 48.5 Å². The van der Waals surface area contributed by atoms with Crippen LogP contribution in [0.25, 0.3) is 10.2 Å². The molecule has 1 saturated heterocycles. The van der Waals surface area contributed by atoms with Crippen LogP contribution in [0.4, 0.5) is 4.79 Å². The summed E-state index contributed by atoms with van der Waals surface area (Å²) in [6, 6.07) is 16.4. The highest BCUT2D eigenvalue weighted by Gasteiger charge is 2.24. The first-order valence-electron chi connectivity index (χ1n) is 9.89. The van der Waals surface area contributed by atoms with Crippen LogP contribution >= 0.6 is 11.3 Å². The number of benzene rings is 2. The van der Waals surface area contributed by atoms with E-state index in [-0.39, 0.29) is 6.04 Å². The summed E-state index contributed by atoms with van der Waals surface area (Å²) < 4.78 is 7.03. The second-order valence-corrected chi connectivity index (χ2v) is 8.40. The smallest absolute Gasteiger partial charge is 0.407 e. The number of hydrogen-bond acceptors (Lipinski definition) is 5. The van der Waals surface area contributed by atoms with Crippen LogP contribution in [0.1, 0.15) is 18.4 Å². The Kier molecular flexibility index (Phi) is 5.97. The zero-order valence-corrected chi connectivity index (χ0v) is 17.3. The van der Waals surface area contributed by atoms with Crippen molar-refractivity contribution in [1.82, 2.24) is 14.8 Å². The lowest BCUT2D eigenvalue weighted by Gasteiger charge is -2.35. The van der Waals surface area contributed by atoms with Gasteiger partial charge >= 0.3 is 6.09 Å². The molecule has 1 amide bonds. The second-order valence-electron chi connectivity index (χ2n) is 7.41. The summed E-state index contributed by atoms with van der Waals surface area (Å²) >= 11 is 1.55. The van der Waals surface area contributed by atoms with Crippen LogP contribution in [-0.2, 0) is 6.42 Å². The molecule has 0 radical (unpaired) electrons. The van der Waals surface area contributed by atoms with E-state index in [2.05, 4.69) is 22.0 Å². The van der Waals surface area contributed by atoms with E-state index in [1.807, 2.05) is 36.4 Å². The molecular weight excluding hydrogens is 386 g/mol. The molecular formula is C22H25N3O3S. The van der Waals surface area contributed by atoms with Gasteiger partial charge in [0.25, 0.3) is 5.19 Å². The number of thiazole rings is 1. The number of hydrogen-bond donors (Lipinski definition) is 1. The Labute approximate surface area is 174 Å². The molecule has 7 heteroatoms. The van der Waals surface area contributed by atoms with Gasteiger partial charge in [0.2, 0.25) is 0 Å². The van der Waals surface area contributed by atoms with Crippen LogP contribution in [-0.4, -0.2) is 58.7 Å². The molecule has 1 aromatic heterocycles. The molecule has 1 aliphatic rings. The van der Waals surface area contributed by atoms with Crippen molar-refractivity contribution < 1.29 is 14.6 Å². The van der Waals surface area contributed by atoms with Crippen molar-refractivity contribution in [3.05, 3.63) is 54.1 Å². The number of fused-ring (bicyclic) bond motifs is 1. The zero-order chi connectivity index (χ0) is 20.2. The van der Waals surface area contributed by atoms with E-state index < -0.39 is 6.09 Å². The maximum Gasteiger partial charge on any atom is 0.407 e. The lowest BCUT2D eigenvalue weighted by Crippen LogP contribution is -2.45. The van der Waals surface area contributed by atoms with Gasteiger partial charge in [-0.1, -0.05) is 35.6 Å². The van der Waals surface area contributed by atoms with Gasteiger partial charge in [-0.2, -0.15) is 0 Å². The minimum absolute atomic E-state index is 0.141. The molecule has 0 unspecified atom stereocenters. The van der Waals surface area contributed by atoms with Crippen molar-refractivity contribution in [2.75, 3.05) is 26.7 Å². The zero-order valence-electron chi connectivity index (χ0n) is 16.5. The average molecular weight is 412 g/mol. The van der Waals surface area contributed by atoms with Gasteiger partial charge in [-0.25, -0.2) is 9.78 Å². The summed E-state index contributed by atoms with van der Waals surface area (Å²) in [6.45, 7) is 2.88. The minimum atomic E-state index is -0.836. The lowest BCUT2D eigenvalue weighted by molar-refractivity contribution is 0.105. The molecule has 152 valence electrons. The highest BCUT2D eigenvalue weighted by molar-refractivity contribution is 7.20. The first kappa shape index (κ1) is 19.7. The summed E-state index contributed by atoms with van der Waals surface area (Å²) in [7, 11) is 1.67. The van der Waals surface area contributed by atoms with Gasteiger partial charge < -0.3 is 19.6 Å². The van der Waals surface area contributed by atoms with Crippen molar-refractivity contribution in [3.8, 4) is 10.9 Å². The van der Waals surface area contributed by atoms with Gasteiger partial charge in [-0.15, -0.1) is 0 Å². The van der Waals surface area contributed by atoms with Crippen molar-refractivity contribution in [2.24, 2.45) is 0 Å². The third-order valence-corrected chi connectivity index (χ3v) is 6.44. The molecule has 6 nitrogen and oxygen atoms in total. The Bertz CT molecular complexity index is 932.